The van der Waals surface area contributed by atoms with Gasteiger partial charge in [-0.3, -0.25) is 9.69 Å². The quantitative estimate of drug-likeness (QED) is 0.837. The van der Waals surface area contributed by atoms with Gasteiger partial charge in [0.05, 0.1) is 19.7 Å². The Balaban J connectivity index is 0.00000312. The second-order valence-corrected chi connectivity index (χ2v) is 6.92. The van der Waals surface area contributed by atoms with Crippen molar-refractivity contribution >= 4 is 18.3 Å². The molecule has 1 N–H and O–H groups in total. The molecule has 5 nitrogen and oxygen atoms in total. The van der Waals surface area contributed by atoms with Gasteiger partial charge in [-0.2, -0.15) is 0 Å². The summed E-state index contributed by atoms with van der Waals surface area (Å²) in [5, 5.41) is 3.44. The smallest absolute Gasteiger partial charge is 0.237 e. The van der Waals surface area contributed by atoms with Crippen LogP contribution < -0.4 is 10.1 Å². The molecule has 1 aliphatic heterocycles. The highest BCUT2D eigenvalue weighted by Gasteiger charge is 2.30. The van der Waals surface area contributed by atoms with Gasteiger partial charge in [0, 0.05) is 37.3 Å². The Labute approximate surface area is 158 Å². The second kappa shape index (κ2) is 10.00. The third kappa shape index (κ3) is 5.33. The number of halogens is 1. The standard InChI is InChI=1S/C19H31N3O2.ClH/c1-14(2)22(15(3)4)19(23)13-21-11-10-20-12-17(21)16-8-6-7-9-18(16)24-5;/h6-9,14-15,17,20H,10-13H2,1-5H3;1H. The first-order valence-corrected chi connectivity index (χ1v) is 8.84. The summed E-state index contributed by atoms with van der Waals surface area (Å²) in [7, 11) is 1.70. The Bertz CT molecular complexity index is 543. The third-order valence-electron chi connectivity index (χ3n) is 4.59. The zero-order chi connectivity index (χ0) is 17.7. The van der Waals surface area contributed by atoms with Crippen LogP contribution >= 0.6 is 12.4 Å². The minimum atomic E-state index is 0. The number of carbonyl (C=O) groups is 1. The fourth-order valence-corrected chi connectivity index (χ4v) is 3.61. The minimum Gasteiger partial charge on any atom is -0.496 e. The molecule has 142 valence electrons. The first-order chi connectivity index (χ1) is 11.5. The van der Waals surface area contributed by atoms with Crippen LogP contribution in [0.3, 0.4) is 0 Å². The molecule has 0 saturated carbocycles. The van der Waals surface area contributed by atoms with Crippen molar-refractivity contribution in [2.24, 2.45) is 0 Å². The van der Waals surface area contributed by atoms with Crippen molar-refractivity contribution < 1.29 is 9.53 Å². The lowest BCUT2D eigenvalue weighted by molar-refractivity contribution is -0.136. The van der Waals surface area contributed by atoms with Crippen LogP contribution in [0.2, 0.25) is 0 Å². The molecule has 0 bridgehead atoms. The Morgan fingerprint density at radius 3 is 2.52 bits per heavy atom. The fourth-order valence-electron chi connectivity index (χ4n) is 3.61. The lowest BCUT2D eigenvalue weighted by Crippen LogP contribution is -2.52. The average molecular weight is 370 g/mol. The number of carbonyl (C=O) groups excluding carboxylic acids is 1. The molecule has 1 saturated heterocycles. The Morgan fingerprint density at radius 2 is 1.92 bits per heavy atom. The summed E-state index contributed by atoms with van der Waals surface area (Å²) in [6.07, 6.45) is 0. The SMILES string of the molecule is COc1ccccc1C1CNCCN1CC(=O)N(C(C)C)C(C)C.Cl. The van der Waals surface area contributed by atoms with Crippen molar-refractivity contribution in [1.29, 1.82) is 0 Å². The number of benzene rings is 1. The Kier molecular flexibility index (Phi) is 8.69. The van der Waals surface area contributed by atoms with Crippen LogP contribution in [0, 0.1) is 0 Å². The molecule has 2 rings (SSSR count). The van der Waals surface area contributed by atoms with E-state index in [1.807, 2.05) is 23.1 Å². The monoisotopic (exact) mass is 369 g/mol. The number of nitrogens with zero attached hydrogens (tertiary/aromatic N) is 2. The summed E-state index contributed by atoms with van der Waals surface area (Å²) in [5.74, 6) is 1.08. The van der Waals surface area contributed by atoms with Crippen LogP contribution in [0.1, 0.15) is 39.3 Å². The number of hydrogen-bond donors (Lipinski definition) is 1. The molecule has 0 aromatic heterocycles. The van der Waals surface area contributed by atoms with Crippen molar-refractivity contribution in [2.45, 2.75) is 45.8 Å². The van der Waals surface area contributed by atoms with Crippen LogP contribution in [-0.4, -0.2) is 61.1 Å². The molecular formula is C19H32ClN3O2. The van der Waals surface area contributed by atoms with Crippen LogP contribution in [0.15, 0.2) is 24.3 Å². The van der Waals surface area contributed by atoms with E-state index in [1.54, 1.807) is 7.11 Å². The maximum absolute atomic E-state index is 12.9. The average Bonchev–Trinajstić information content (AvgIpc) is 2.54. The van der Waals surface area contributed by atoms with Gasteiger partial charge in [0.2, 0.25) is 5.91 Å². The summed E-state index contributed by atoms with van der Waals surface area (Å²) in [5.41, 5.74) is 1.14. The number of amides is 1. The first kappa shape index (κ1) is 21.7. The van der Waals surface area contributed by atoms with E-state index < -0.39 is 0 Å². The summed E-state index contributed by atoms with van der Waals surface area (Å²) in [6, 6.07) is 8.67. The molecule has 6 heteroatoms. The minimum absolute atomic E-state index is 0. The molecule has 1 aromatic carbocycles. The van der Waals surface area contributed by atoms with Crippen molar-refractivity contribution in [3.8, 4) is 5.75 Å². The van der Waals surface area contributed by atoms with Gasteiger partial charge < -0.3 is 15.0 Å². The molecule has 1 atom stereocenters. The third-order valence-corrected chi connectivity index (χ3v) is 4.59. The summed E-state index contributed by atoms with van der Waals surface area (Å²) in [4.78, 5) is 17.1. The number of methoxy groups -OCH3 is 1. The number of nitrogens with one attached hydrogen (secondary N) is 1. The largest absolute Gasteiger partial charge is 0.496 e. The molecule has 0 aliphatic carbocycles. The molecule has 0 radical (unpaired) electrons. The van der Waals surface area contributed by atoms with Crippen molar-refractivity contribution in [3.05, 3.63) is 29.8 Å². The van der Waals surface area contributed by atoms with Crippen molar-refractivity contribution in [2.75, 3.05) is 33.3 Å². The topological polar surface area (TPSA) is 44.8 Å². The molecule has 1 fully saturated rings. The van der Waals surface area contributed by atoms with Crippen molar-refractivity contribution in [1.82, 2.24) is 15.1 Å². The maximum Gasteiger partial charge on any atom is 0.237 e. The van der Waals surface area contributed by atoms with E-state index in [4.69, 9.17) is 4.74 Å². The highest BCUT2D eigenvalue weighted by atomic mass is 35.5. The van der Waals surface area contributed by atoms with Crippen LogP contribution in [0.4, 0.5) is 0 Å². The van der Waals surface area contributed by atoms with E-state index in [0.717, 1.165) is 30.9 Å². The fraction of sp³-hybridized carbons (Fsp3) is 0.632. The van der Waals surface area contributed by atoms with Crippen LogP contribution in [-0.2, 0) is 4.79 Å². The van der Waals surface area contributed by atoms with Gasteiger partial charge in [-0.1, -0.05) is 18.2 Å². The second-order valence-electron chi connectivity index (χ2n) is 6.92. The molecule has 1 aliphatic rings. The summed E-state index contributed by atoms with van der Waals surface area (Å²) < 4.78 is 5.53. The highest BCUT2D eigenvalue weighted by Crippen LogP contribution is 2.30. The van der Waals surface area contributed by atoms with Crippen molar-refractivity contribution in [3.63, 3.8) is 0 Å². The molecule has 0 spiro atoms. The molecular weight excluding hydrogens is 338 g/mol. The normalized spacial score (nSPS) is 18.1. The number of rotatable bonds is 6. The van der Waals surface area contributed by atoms with E-state index in [2.05, 4.69) is 44.0 Å². The van der Waals surface area contributed by atoms with Gasteiger partial charge in [-0.05, 0) is 33.8 Å². The van der Waals surface area contributed by atoms with Gasteiger partial charge in [0.1, 0.15) is 5.75 Å². The number of piperazine rings is 1. The van der Waals surface area contributed by atoms with E-state index in [-0.39, 0.29) is 36.4 Å². The van der Waals surface area contributed by atoms with Gasteiger partial charge in [0.15, 0.2) is 0 Å². The van der Waals surface area contributed by atoms with Gasteiger partial charge in [0.25, 0.3) is 0 Å². The van der Waals surface area contributed by atoms with Crippen LogP contribution in [0.5, 0.6) is 5.75 Å². The summed E-state index contributed by atoms with van der Waals surface area (Å²) >= 11 is 0. The molecule has 1 unspecified atom stereocenters. The molecule has 1 amide bonds. The Morgan fingerprint density at radius 1 is 1.28 bits per heavy atom. The highest BCUT2D eigenvalue weighted by molar-refractivity contribution is 5.85. The summed E-state index contributed by atoms with van der Waals surface area (Å²) in [6.45, 7) is 11.3. The number of para-hydroxylation sites is 1. The Hall–Kier alpha value is -1.30. The number of ether oxygens (including phenoxy) is 1. The predicted molar refractivity (Wildman–Crippen MR) is 105 cm³/mol. The molecule has 1 heterocycles. The number of hydrogen-bond acceptors (Lipinski definition) is 4. The van der Waals surface area contributed by atoms with E-state index >= 15 is 0 Å². The zero-order valence-corrected chi connectivity index (χ0v) is 16.8. The van der Waals surface area contributed by atoms with E-state index in [9.17, 15) is 4.79 Å². The van der Waals surface area contributed by atoms with Crippen LogP contribution in [0.25, 0.3) is 0 Å². The van der Waals surface area contributed by atoms with Gasteiger partial charge in [-0.25, -0.2) is 0 Å². The lowest BCUT2D eigenvalue weighted by Gasteiger charge is -2.39. The maximum atomic E-state index is 12.9. The van der Waals surface area contributed by atoms with E-state index in [0.29, 0.717) is 6.54 Å². The van der Waals surface area contributed by atoms with E-state index in [1.165, 1.54) is 0 Å². The lowest BCUT2D eigenvalue weighted by atomic mass is 10.0. The van der Waals surface area contributed by atoms with Gasteiger partial charge >= 0.3 is 0 Å². The molecule has 25 heavy (non-hydrogen) atoms. The predicted octanol–water partition coefficient (Wildman–Crippen LogP) is 2.71. The molecule has 1 aromatic rings. The first-order valence-electron chi connectivity index (χ1n) is 8.84. The van der Waals surface area contributed by atoms with Gasteiger partial charge in [-0.15, -0.1) is 12.4 Å². The zero-order valence-electron chi connectivity index (χ0n) is 16.0.